The Balaban J connectivity index is 2.43. The summed E-state index contributed by atoms with van der Waals surface area (Å²) >= 11 is 19.2. The van der Waals surface area contributed by atoms with E-state index >= 15 is 0 Å². The Morgan fingerprint density at radius 1 is 1.05 bits per heavy atom. The monoisotopic (exact) mass is 452 g/mol. The number of aliphatic hydroxyl groups excluding tert-OH is 1. The fourth-order valence-corrected chi connectivity index (χ4v) is 3.74. The zero-order valence-corrected chi connectivity index (χ0v) is 15.7. The van der Waals surface area contributed by atoms with Crippen LogP contribution < -0.4 is 4.74 Å². The van der Waals surface area contributed by atoms with Crippen LogP contribution in [0.2, 0.25) is 10.0 Å². The van der Waals surface area contributed by atoms with E-state index in [0.717, 1.165) is 8.95 Å². The number of ether oxygens (including phenoxy) is 1. The first-order chi connectivity index (χ1) is 9.92. The maximum atomic E-state index is 10.5. The Bertz CT molecular complexity index is 642. The molecule has 0 spiro atoms. The van der Waals surface area contributed by atoms with E-state index < -0.39 is 6.10 Å². The van der Waals surface area contributed by atoms with Gasteiger partial charge in [-0.2, -0.15) is 0 Å². The molecule has 0 heterocycles. The van der Waals surface area contributed by atoms with E-state index in [2.05, 4.69) is 31.9 Å². The number of hydrogen-bond donors (Lipinski definition) is 1. The van der Waals surface area contributed by atoms with Crippen molar-refractivity contribution in [3.8, 4) is 5.75 Å². The molecule has 2 aromatic rings. The molecule has 1 atom stereocenters. The van der Waals surface area contributed by atoms with Crippen molar-refractivity contribution >= 4 is 55.1 Å². The van der Waals surface area contributed by atoms with Gasteiger partial charge in [-0.1, -0.05) is 55.1 Å². The van der Waals surface area contributed by atoms with E-state index in [-0.39, 0.29) is 0 Å². The lowest BCUT2D eigenvalue weighted by Crippen LogP contribution is -2.02. The molecule has 112 valence electrons. The van der Waals surface area contributed by atoms with E-state index in [9.17, 15) is 5.11 Å². The Kier molecular flexibility index (Phi) is 5.97. The molecule has 2 nitrogen and oxygen atoms in total. The summed E-state index contributed by atoms with van der Waals surface area (Å²) in [4.78, 5) is 0. The van der Waals surface area contributed by atoms with Crippen molar-refractivity contribution < 1.29 is 9.84 Å². The average Bonchev–Trinajstić information content (AvgIpc) is 2.41. The van der Waals surface area contributed by atoms with Gasteiger partial charge < -0.3 is 9.84 Å². The zero-order valence-electron chi connectivity index (χ0n) is 11.0. The van der Waals surface area contributed by atoms with E-state index in [1.165, 1.54) is 0 Å². The lowest BCUT2D eigenvalue weighted by molar-refractivity contribution is 0.220. The number of hydrogen-bond acceptors (Lipinski definition) is 2. The molecule has 0 amide bonds. The molecule has 0 radical (unpaired) electrons. The molecule has 6 heteroatoms. The number of rotatable bonds is 4. The highest BCUT2D eigenvalue weighted by atomic mass is 79.9. The summed E-state index contributed by atoms with van der Waals surface area (Å²) in [5.41, 5.74) is 1.24. The minimum Gasteiger partial charge on any atom is -0.492 e. The SMILES string of the molecule is CCOc1cc(Cl)c(C(O)c2cc(Br)cc(Br)c2)cc1Cl. The highest BCUT2D eigenvalue weighted by Gasteiger charge is 2.18. The van der Waals surface area contributed by atoms with Crippen molar-refractivity contribution in [1.82, 2.24) is 0 Å². The third kappa shape index (κ3) is 4.14. The van der Waals surface area contributed by atoms with Gasteiger partial charge in [-0.15, -0.1) is 0 Å². The molecule has 0 aliphatic rings. The molecule has 0 aliphatic heterocycles. The number of halogens is 4. The molecule has 0 fully saturated rings. The predicted octanol–water partition coefficient (Wildman–Crippen LogP) is 6.00. The Labute approximate surface area is 150 Å². The van der Waals surface area contributed by atoms with Crippen molar-refractivity contribution in [3.63, 3.8) is 0 Å². The summed E-state index contributed by atoms with van der Waals surface area (Å²) in [6, 6.07) is 8.81. The molecule has 1 N–H and O–H groups in total. The number of aliphatic hydroxyl groups is 1. The molecule has 0 aromatic heterocycles. The summed E-state index contributed by atoms with van der Waals surface area (Å²) < 4.78 is 7.10. The zero-order chi connectivity index (χ0) is 15.6. The van der Waals surface area contributed by atoms with E-state index in [1.807, 2.05) is 25.1 Å². The van der Waals surface area contributed by atoms with Gasteiger partial charge in [0, 0.05) is 20.6 Å². The first-order valence-electron chi connectivity index (χ1n) is 6.18. The maximum Gasteiger partial charge on any atom is 0.139 e. The fourth-order valence-electron chi connectivity index (χ4n) is 1.93. The van der Waals surface area contributed by atoms with Crippen LogP contribution in [0.4, 0.5) is 0 Å². The van der Waals surface area contributed by atoms with Crippen LogP contribution in [0.15, 0.2) is 39.3 Å². The third-order valence-electron chi connectivity index (χ3n) is 2.85. The smallest absolute Gasteiger partial charge is 0.139 e. The molecular weight excluding hydrogens is 443 g/mol. The van der Waals surface area contributed by atoms with Crippen molar-refractivity contribution in [2.45, 2.75) is 13.0 Å². The first-order valence-corrected chi connectivity index (χ1v) is 8.52. The molecule has 0 bridgehead atoms. The maximum absolute atomic E-state index is 10.5. The largest absolute Gasteiger partial charge is 0.492 e. The van der Waals surface area contributed by atoms with Crippen molar-refractivity contribution in [2.24, 2.45) is 0 Å². The molecule has 2 aromatic carbocycles. The number of benzene rings is 2. The van der Waals surface area contributed by atoms with Gasteiger partial charge in [-0.25, -0.2) is 0 Å². The summed E-state index contributed by atoms with van der Waals surface area (Å²) in [6.45, 7) is 2.36. The van der Waals surface area contributed by atoms with Crippen LogP contribution in [0, 0.1) is 0 Å². The molecular formula is C15H12Br2Cl2O2. The van der Waals surface area contributed by atoms with Gasteiger partial charge in [0.25, 0.3) is 0 Å². The van der Waals surface area contributed by atoms with Gasteiger partial charge in [0.1, 0.15) is 11.9 Å². The summed E-state index contributed by atoms with van der Waals surface area (Å²) in [6.07, 6.45) is -0.875. The van der Waals surface area contributed by atoms with Crippen molar-refractivity contribution in [2.75, 3.05) is 6.61 Å². The summed E-state index contributed by atoms with van der Waals surface area (Å²) in [7, 11) is 0. The second-order valence-electron chi connectivity index (χ2n) is 4.34. The average molecular weight is 455 g/mol. The van der Waals surface area contributed by atoms with E-state index in [1.54, 1.807) is 12.1 Å². The highest BCUT2D eigenvalue weighted by molar-refractivity contribution is 9.11. The van der Waals surface area contributed by atoms with Crippen LogP contribution in [0.1, 0.15) is 24.2 Å². The Morgan fingerprint density at radius 3 is 2.24 bits per heavy atom. The summed E-state index contributed by atoms with van der Waals surface area (Å²) in [5, 5.41) is 11.4. The molecule has 0 saturated carbocycles. The normalized spacial score (nSPS) is 12.3. The Morgan fingerprint density at radius 2 is 1.67 bits per heavy atom. The van der Waals surface area contributed by atoms with Crippen LogP contribution in [-0.4, -0.2) is 11.7 Å². The van der Waals surface area contributed by atoms with Gasteiger partial charge in [0.2, 0.25) is 0 Å². The summed E-state index contributed by atoms with van der Waals surface area (Å²) in [5.74, 6) is 0.510. The van der Waals surface area contributed by atoms with Gasteiger partial charge >= 0.3 is 0 Å². The minimum atomic E-state index is -0.875. The second-order valence-corrected chi connectivity index (χ2v) is 6.99. The molecule has 0 aliphatic carbocycles. The van der Waals surface area contributed by atoms with Crippen molar-refractivity contribution in [1.29, 1.82) is 0 Å². The molecule has 1 unspecified atom stereocenters. The van der Waals surface area contributed by atoms with Crippen molar-refractivity contribution in [3.05, 3.63) is 60.4 Å². The molecule has 21 heavy (non-hydrogen) atoms. The lowest BCUT2D eigenvalue weighted by Gasteiger charge is -2.16. The predicted molar refractivity (Wildman–Crippen MR) is 93.5 cm³/mol. The van der Waals surface area contributed by atoms with Crippen LogP contribution >= 0.6 is 55.1 Å². The topological polar surface area (TPSA) is 29.5 Å². The standard InChI is InChI=1S/C15H12Br2Cl2O2/c1-2-21-14-7-12(18)11(6-13(14)19)15(20)8-3-9(16)5-10(17)4-8/h3-7,15,20H,2H2,1H3. The molecule has 0 saturated heterocycles. The van der Waals surface area contributed by atoms with Crippen LogP contribution in [0.5, 0.6) is 5.75 Å². The van der Waals surface area contributed by atoms with Crippen LogP contribution in [0.3, 0.4) is 0 Å². The lowest BCUT2D eigenvalue weighted by atomic mass is 10.0. The first kappa shape index (κ1) is 17.1. The second kappa shape index (κ2) is 7.34. The van der Waals surface area contributed by atoms with Gasteiger partial charge in [-0.3, -0.25) is 0 Å². The minimum absolute atomic E-state index is 0.409. The van der Waals surface area contributed by atoms with Crippen LogP contribution in [-0.2, 0) is 0 Å². The van der Waals surface area contributed by atoms with Gasteiger partial charge in [0.05, 0.1) is 16.7 Å². The quantitative estimate of drug-likeness (QED) is 0.614. The van der Waals surface area contributed by atoms with E-state index in [4.69, 9.17) is 27.9 Å². The highest BCUT2D eigenvalue weighted by Crippen LogP contribution is 2.37. The Hall–Kier alpha value is -0.260. The third-order valence-corrected chi connectivity index (χ3v) is 4.38. The molecule has 2 rings (SSSR count). The van der Waals surface area contributed by atoms with Gasteiger partial charge in [-0.05, 0) is 36.8 Å². The fraction of sp³-hybridized carbons (Fsp3) is 0.200. The van der Waals surface area contributed by atoms with E-state index in [0.29, 0.717) is 33.5 Å². The van der Waals surface area contributed by atoms with Gasteiger partial charge in [0.15, 0.2) is 0 Å². The van der Waals surface area contributed by atoms with Crippen LogP contribution in [0.25, 0.3) is 0 Å².